The van der Waals surface area contributed by atoms with Crippen molar-refractivity contribution in [1.82, 2.24) is 29.7 Å². The van der Waals surface area contributed by atoms with Crippen molar-refractivity contribution in [3.05, 3.63) is 47.6 Å². The fourth-order valence-electron chi connectivity index (χ4n) is 3.03. The van der Waals surface area contributed by atoms with Crippen LogP contribution in [0.5, 0.6) is 0 Å². The summed E-state index contributed by atoms with van der Waals surface area (Å²) in [6.45, 7) is 4.67. The van der Waals surface area contributed by atoms with Gasteiger partial charge in [0, 0.05) is 37.2 Å². The van der Waals surface area contributed by atoms with Crippen molar-refractivity contribution in [2.45, 2.75) is 38.9 Å². The van der Waals surface area contributed by atoms with Gasteiger partial charge in [0.05, 0.1) is 11.7 Å². The molecule has 0 N–H and O–H groups in total. The Morgan fingerprint density at radius 2 is 2.00 bits per heavy atom. The Labute approximate surface area is 137 Å². The summed E-state index contributed by atoms with van der Waals surface area (Å²) in [6, 6.07) is 2.29. The zero-order valence-corrected chi connectivity index (χ0v) is 14.1. The number of hydrogen-bond donors (Lipinski definition) is 0. The molecule has 122 valence electrons. The molecule has 3 rings (SSSR count). The molecular weight excluding hydrogens is 288 g/mol. The fraction of sp³-hybridized carbons (Fsp3) is 0.529. The molecule has 1 saturated heterocycles. The van der Waals surface area contributed by atoms with Crippen LogP contribution in [0.2, 0.25) is 0 Å². The van der Waals surface area contributed by atoms with E-state index in [1.807, 2.05) is 31.6 Å². The van der Waals surface area contributed by atoms with E-state index >= 15 is 0 Å². The van der Waals surface area contributed by atoms with Crippen LogP contribution in [0.1, 0.15) is 41.8 Å². The van der Waals surface area contributed by atoms with Gasteiger partial charge >= 0.3 is 0 Å². The van der Waals surface area contributed by atoms with Crippen LogP contribution in [0.4, 0.5) is 0 Å². The van der Waals surface area contributed by atoms with Gasteiger partial charge in [-0.3, -0.25) is 4.90 Å². The quantitative estimate of drug-likeness (QED) is 0.841. The standard InChI is InChI=1S/C17H24N6/c1-13-19-9-14(10-20-13)11-23-8-4-5-16(23)17-18-7-6-15(21-17)12-22(2)3/h6-7,9-10,16H,4-5,8,11-12H2,1-3H3/t16-/m1/s1. The second-order valence-corrected chi connectivity index (χ2v) is 6.41. The van der Waals surface area contributed by atoms with Crippen LogP contribution in [-0.4, -0.2) is 50.4 Å². The molecule has 0 bridgehead atoms. The second-order valence-electron chi connectivity index (χ2n) is 6.41. The molecule has 2 aromatic heterocycles. The number of hydrogen-bond acceptors (Lipinski definition) is 6. The van der Waals surface area contributed by atoms with Gasteiger partial charge in [-0.25, -0.2) is 19.9 Å². The lowest BCUT2D eigenvalue weighted by Crippen LogP contribution is -2.25. The molecule has 1 fully saturated rings. The fourth-order valence-corrected chi connectivity index (χ4v) is 3.03. The van der Waals surface area contributed by atoms with Crippen LogP contribution in [0.3, 0.4) is 0 Å². The minimum Gasteiger partial charge on any atom is -0.304 e. The van der Waals surface area contributed by atoms with Crippen LogP contribution in [0.25, 0.3) is 0 Å². The van der Waals surface area contributed by atoms with Crippen molar-refractivity contribution in [2.24, 2.45) is 0 Å². The molecule has 0 spiro atoms. The highest BCUT2D eigenvalue weighted by Gasteiger charge is 2.28. The van der Waals surface area contributed by atoms with E-state index in [0.29, 0.717) is 6.04 Å². The van der Waals surface area contributed by atoms with Gasteiger partial charge in [-0.1, -0.05) is 0 Å². The summed E-state index contributed by atoms with van der Waals surface area (Å²) >= 11 is 0. The smallest absolute Gasteiger partial charge is 0.145 e. The average molecular weight is 312 g/mol. The molecule has 0 amide bonds. The molecule has 1 aliphatic heterocycles. The Morgan fingerprint density at radius 3 is 2.74 bits per heavy atom. The van der Waals surface area contributed by atoms with E-state index in [9.17, 15) is 0 Å². The first kappa shape index (κ1) is 16.0. The lowest BCUT2D eigenvalue weighted by atomic mass is 10.2. The second kappa shape index (κ2) is 7.10. The molecule has 2 aromatic rings. The van der Waals surface area contributed by atoms with Gasteiger partial charge < -0.3 is 4.90 Å². The highest BCUT2D eigenvalue weighted by atomic mass is 15.2. The van der Waals surface area contributed by atoms with Crippen molar-refractivity contribution in [1.29, 1.82) is 0 Å². The summed E-state index contributed by atoms with van der Waals surface area (Å²) in [4.78, 5) is 22.5. The van der Waals surface area contributed by atoms with Crippen LogP contribution in [0, 0.1) is 6.92 Å². The third-order valence-electron chi connectivity index (χ3n) is 4.09. The number of likely N-dealkylation sites (tertiary alicyclic amines) is 1. The van der Waals surface area contributed by atoms with Crippen LogP contribution in [0.15, 0.2) is 24.7 Å². The SMILES string of the molecule is Cc1ncc(CN2CCC[C@@H]2c2nccc(CN(C)C)n2)cn1. The first-order chi connectivity index (χ1) is 11.1. The van der Waals surface area contributed by atoms with Crippen molar-refractivity contribution < 1.29 is 0 Å². The summed E-state index contributed by atoms with van der Waals surface area (Å²) in [6.07, 6.45) is 8.01. The number of aryl methyl sites for hydroxylation is 1. The molecule has 3 heterocycles. The van der Waals surface area contributed by atoms with Gasteiger partial charge in [0.25, 0.3) is 0 Å². The van der Waals surface area contributed by atoms with Crippen molar-refractivity contribution in [3.8, 4) is 0 Å². The molecular formula is C17H24N6. The molecule has 0 aliphatic carbocycles. The molecule has 1 aliphatic rings. The highest BCUT2D eigenvalue weighted by Crippen LogP contribution is 2.31. The average Bonchev–Trinajstić information content (AvgIpc) is 2.97. The normalized spacial score (nSPS) is 18.7. The van der Waals surface area contributed by atoms with E-state index in [0.717, 1.165) is 49.0 Å². The molecule has 23 heavy (non-hydrogen) atoms. The van der Waals surface area contributed by atoms with Gasteiger partial charge in [0.2, 0.25) is 0 Å². The Hall–Kier alpha value is -1.92. The topological polar surface area (TPSA) is 58.0 Å². The van der Waals surface area contributed by atoms with Crippen LogP contribution in [-0.2, 0) is 13.1 Å². The minimum atomic E-state index is 0.290. The van der Waals surface area contributed by atoms with E-state index in [1.165, 1.54) is 6.42 Å². The van der Waals surface area contributed by atoms with E-state index in [-0.39, 0.29) is 0 Å². The molecule has 6 nitrogen and oxygen atoms in total. The third kappa shape index (κ3) is 4.09. The monoisotopic (exact) mass is 312 g/mol. The Bertz CT molecular complexity index is 640. The lowest BCUT2D eigenvalue weighted by molar-refractivity contribution is 0.238. The first-order valence-corrected chi connectivity index (χ1v) is 8.10. The summed E-state index contributed by atoms with van der Waals surface area (Å²) in [5.74, 6) is 1.75. The van der Waals surface area contributed by atoms with E-state index in [1.54, 1.807) is 0 Å². The summed E-state index contributed by atoms with van der Waals surface area (Å²) in [5, 5.41) is 0. The summed E-state index contributed by atoms with van der Waals surface area (Å²) in [5.41, 5.74) is 2.22. The van der Waals surface area contributed by atoms with Gasteiger partial charge in [0.1, 0.15) is 11.6 Å². The summed E-state index contributed by atoms with van der Waals surface area (Å²) < 4.78 is 0. The van der Waals surface area contributed by atoms with E-state index < -0.39 is 0 Å². The van der Waals surface area contributed by atoms with E-state index in [4.69, 9.17) is 4.98 Å². The zero-order valence-electron chi connectivity index (χ0n) is 14.1. The van der Waals surface area contributed by atoms with Crippen molar-refractivity contribution >= 4 is 0 Å². The van der Waals surface area contributed by atoms with Gasteiger partial charge in [-0.15, -0.1) is 0 Å². The van der Waals surface area contributed by atoms with E-state index in [2.05, 4.69) is 38.8 Å². The maximum Gasteiger partial charge on any atom is 0.145 e. The predicted octanol–water partition coefficient (Wildman–Crippen LogP) is 1.97. The maximum atomic E-state index is 4.78. The summed E-state index contributed by atoms with van der Waals surface area (Å²) in [7, 11) is 4.11. The van der Waals surface area contributed by atoms with Gasteiger partial charge in [-0.2, -0.15) is 0 Å². The number of rotatable bonds is 5. The largest absolute Gasteiger partial charge is 0.304 e. The molecule has 0 unspecified atom stereocenters. The third-order valence-corrected chi connectivity index (χ3v) is 4.09. The maximum absolute atomic E-state index is 4.78. The Balaban J connectivity index is 1.74. The van der Waals surface area contributed by atoms with Crippen LogP contribution >= 0.6 is 0 Å². The highest BCUT2D eigenvalue weighted by molar-refractivity contribution is 5.10. The van der Waals surface area contributed by atoms with Gasteiger partial charge in [0.15, 0.2) is 0 Å². The first-order valence-electron chi connectivity index (χ1n) is 8.10. The molecule has 1 atom stereocenters. The Kier molecular flexibility index (Phi) is 4.93. The number of nitrogens with zero attached hydrogens (tertiary/aromatic N) is 6. The molecule has 6 heteroatoms. The zero-order chi connectivity index (χ0) is 16.2. The minimum absolute atomic E-state index is 0.290. The molecule has 0 radical (unpaired) electrons. The van der Waals surface area contributed by atoms with Gasteiger partial charge in [-0.05, 0) is 46.5 Å². The van der Waals surface area contributed by atoms with Crippen LogP contribution < -0.4 is 0 Å². The predicted molar refractivity (Wildman–Crippen MR) is 88.6 cm³/mol. The molecule has 0 saturated carbocycles. The Morgan fingerprint density at radius 1 is 1.22 bits per heavy atom. The van der Waals surface area contributed by atoms with Crippen molar-refractivity contribution in [3.63, 3.8) is 0 Å². The lowest BCUT2D eigenvalue weighted by Gasteiger charge is -2.23. The van der Waals surface area contributed by atoms with Crippen molar-refractivity contribution in [2.75, 3.05) is 20.6 Å². The molecule has 0 aromatic carbocycles. The number of aromatic nitrogens is 4.